The first-order valence-electron chi connectivity index (χ1n) is 16.6. The maximum atomic E-state index is 4.98. The van der Waals surface area contributed by atoms with Gasteiger partial charge in [0.05, 0.1) is 5.41 Å². The highest BCUT2D eigenvalue weighted by atomic mass is 15.0. The highest BCUT2D eigenvalue weighted by Crippen LogP contribution is 2.63. The molecule has 0 amide bonds. The SMILES string of the molecule is c1ccc(-c2nc(-c3cccc(-c4ccc5c(c4)C4(c6ccccc6-c6ccccc64)c4ccccc4-5)c3)nc(-c3ccccn3)n2)cc1. The van der Waals surface area contributed by atoms with Gasteiger partial charge in [0.15, 0.2) is 17.5 Å². The molecule has 0 fully saturated rings. The summed E-state index contributed by atoms with van der Waals surface area (Å²) in [6, 6.07) is 58.1. The lowest BCUT2D eigenvalue weighted by atomic mass is 9.70. The molecule has 0 unspecified atom stereocenters. The van der Waals surface area contributed by atoms with Crippen LogP contribution in [0.1, 0.15) is 22.3 Å². The average Bonchev–Trinajstić information content (AvgIpc) is 3.66. The second-order valence-electron chi connectivity index (χ2n) is 12.6. The summed E-state index contributed by atoms with van der Waals surface area (Å²) in [5.74, 6) is 1.78. The molecule has 1 spiro atoms. The van der Waals surface area contributed by atoms with E-state index in [9.17, 15) is 0 Å². The van der Waals surface area contributed by atoms with E-state index < -0.39 is 0 Å². The zero-order chi connectivity index (χ0) is 32.4. The van der Waals surface area contributed by atoms with Gasteiger partial charge in [-0.25, -0.2) is 15.0 Å². The molecule has 2 aliphatic carbocycles. The van der Waals surface area contributed by atoms with E-state index in [2.05, 4.69) is 120 Å². The highest BCUT2D eigenvalue weighted by molar-refractivity contribution is 5.96. The molecule has 0 saturated heterocycles. The average molecular weight is 625 g/mol. The fourth-order valence-corrected chi connectivity index (χ4v) is 7.94. The van der Waals surface area contributed by atoms with Gasteiger partial charge >= 0.3 is 0 Å². The number of pyridine rings is 1. The molecule has 0 N–H and O–H groups in total. The molecule has 2 heterocycles. The molecule has 49 heavy (non-hydrogen) atoms. The second kappa shape index (κ2) is 10.8. The molecule has 2 aromatic heterocycles. The number of hydrogen-bond acceptors (Lipinski definition) is 4. The van der Waals surface area contributed by atoms with Crippen LogP contribution >= 0.6 is 0 Å². The van der Waals surface area contributed by atoms with E-state index in [-0.39, 0.29) is 5.41 Å². The first kappa shape index (κ1) is 27.6. The van der Waals surface area contributed by atoms with Crippen LogP contribution in [0.25, 0.3) is 67.7 Å². The van der Waals surface area contributed by atoms with Gasteiger partial charge < -0.3 is 0 Å². The van der Waals surface area contributed by atoms with E-state index in [4.69, 9.17) is 15.0 Å². The summed E-state index contributed by atoms with van der Waals surface area (Å²) in [5.41, 5.74) is 15.0. The van der Waals surface area contributed by atoms with Gasteiger partial charge in [0.25, 0.3) is 0 Å². The summed E-state index contributed by atoms with van der Waals surface area (Å²) in [5, 5.41) is 0. The monoisotopic (exact) mass is 624 g/mol. The lowest BCUT2D eigenvalue weighted by molar-refractivity contribution is 0.794. The Morgan fingerprint density at radius 1 is 0.327 bits per heavy atom. The van der Waals surface area contributed by atoms with E-state index in [1.807, 2.05) is 48.5 Å². The predicted octanol–water partition coefficient (Wildman–Crippen LogP) is 10.3. The van der Waals surface area contributed by atoms with Gasteiger partial charge in [-0.2, -0.15) is 0 Å². The van der Waals surface area contributed by atoms with E-state index in [1.54, 1.807) is 6.20 Å². The number of fused-ring (bicyclic) bond motifs is 10. The molecule has 6 aromatic carbocycles. The lowest BCUT2D eigenvalue weighted by Gasteiger charge is -2.30. The maximum Gasteiger partial charge on any atom is 0.182 e. The van der Waals surface area contributed by atoms with E-state index in [0.717, 1.165) is 22.3 Å². The fourth-order valence-electron chi connectivity index (χ4n) is 7.94. The van der Waals surface area contributed by atoms with Gasteiger partial charge in [0.1, 0.15) is 5.69 Å². The number of nitrogens with zero attached hydrogens (tertiary/aromatic N) is 4. The van der Waals surface area contributed by atoms with Crippen molar-refractivity contribution in [2.75, 3.05) is 0 Å². The highest BCUT2D eigenvalue weighted by Gasteiger charge is 2.51. The van der Waals surface area contributed by atoms with Crippen molar-refractivity contribution in [3.63, 3.8) is 0 Å². The van der Waals surface area contributed by atoms with Gasteiger partial charge in [-0.1, -0.05) is 140 Å². The maximum absolute atomic E-state index is 4.98. The second-order valence-corrected chi connectivity index (χ2v) is 12.6. The Morgan fingerprint density at radius 2 is 0.837 bits per heavy atom. The van der Waals surface area contributed by atoms with Crippen molar-refractivity contribution in [2.45, 2.75) is 5.41 Å². The Bertz CT molecular complexity index is 2440. The van der Waals surface area contributed by atoms with Crippen molar-refractivity contribution >= 4 is 0 Å². The van der Waals surface area contributed by atoms with Gasteiger partial charge in [0.2, 0.25) is 0 Å². The summed E-state index contributed by atoms with van der Waals surface area (Å²) < 4.78 is 0. The number of rotatable bonds is 4. The molecular weight excluding hydrogens is 597 g/mol. The fraction of sp³-hybridized carbons (Fsp3) is 0.0222. The van der Waals surface area contributed by atoms with Gasteiger partial charge in [0, 0.05) is 17.3 Å². The van der Waals surface area contributed by atoms with Crippen molar-refractivity contribution in [1.82, 2.24) is 19.9 Å². The van der Waals surface area contributed by atoms with Crippen LogP contribution in [0.2, 0.25) is 0 Å². The zero-order valence-corrected chi connectivity index (χ0v) is 26.5. The first-order chi connectivity index (χ1) is 24.3. The molecule has 4 nitrogen and oxygen atoms in total. The van der Waals surface area contributed by atoms with Crippen LogP contribution in [0.4, 0.5) is 0 Å². The summed E-state index contributed by atoms with van der Waals surface area (Å²) >= 11 is 0. The van der Waals surface area contributed by atoms with Gasteiger partial charge in [-0.05, 0) is 79.9 Å². The minimum atomic E-state index is -0.386. The summed E-state index contributed by atoms with van der Waals surface area (Å²) in [6.07, 6.45) is 1.77. The molecule has 2 aliphatic rings. The Labute approximate surface area is 284 Å². The van der Waals surface area contributed by atoms with Crippen LogP contribution in [-0.2, 0) is 5.41 Å². The molecule has 0 atom stereocenters. The number of aromatic nitrogens is 4. The third-order valence-corrected chi connectivity index (χ3v) is 10.0. The Morgan fingerprint density at radius 3 is 1.49 bits per heavy atom. The van der Waals surface area contributed by atoms with E-state index in [1.165, 1.54) is 44.5 Å². The largest absolute Gasteiger partial charge is 0.253 e. The molecule has 228 valence electrons. The van der Waals surface area contributed by atoms with E-state index >= 15 is 0 Å². The smallest absolute Gasteiger partial charge is 0.182 e. The standard InChI is InChI=1S/C45H28N4/c1-2-13-29(14-3-1)42-47-43(49-44(48-42)41-23-10-11-26-46-41)32-16-12-15-30(27-32)31-24-25-36-35-19-6-9-22-39(35)45(40(36)28-31)37-20-7-4-17-33(37)34-18-5-8-21-38(34)45/h1-28H. The molecule has 10 rings (SSSR count). The van der Waals surface area contributed by atoms with Crippen LogP contribution in [0.5, 0.6) is 0 Å². The van der Waals surface area contributed by atoms with Crippen LogP contribution in [-0.4, -0.2) is 19.9 Å². The van der Waals surface area contributed by atoms with Crippen molar-refractivity contribution in [3.8, 4) is 67.7 Å². The summed E-state index contributed by atoms with van der Waals surface area (Å²) in [6.45, 7) is 0. The van der Waals surface area contributed by atoms with Gasteiger partial charge in [-0.15, -0.1) is 0 Å². The topological polar surface area (TPSA) is 51.6 Å². The van der Waals surface area contributed by atoms with E-state index in [0.29, 0.717) is 23.2 Å². The molecule has 0 saturated carbocycles. The minimum Gasteiger partial charge on any atom is -0.253 e. The zero-order valence-electron chi connectivity index (χ0n) is 26.5. The number of hydrogen-bond donors (Lipinski definition) is 0. The number of benzene rings is 6. The summed E-state index contributed by atoms with van der Waals surface area (Å²) in [7, 11) is 0. The van der Waals surface area contributed by atoms with Crippen LogP contribution in [0.3, 0.4) is 0 Å². The Balaban J connectivity index is 1.15. The minimum absolute atomic E-state index is 0.386. The quantitative estimate of drug-likeness (QED) is 0.196. The third kappa shape index (κ3) is 4.11. The van der Waals surface area contributed by atoms with Crippen molar-refractivity contribution < 1.29 is 0 Å². The Kier molecular flexibility index (Phi) is 6.06. The van der Waals surface area contributed by atoms with Crippen molar-refractivity contribution in [3.05, 3.63) is 192 Å². The first-order valence-corrected chi connectivity index (χ1v) is 16.6. The lowest BCUT2D eigenvalue weighted by Crippen LogP contribution is -2.25. The van der Waals surface area contributed by atoms with Gasteiger partial charge in [-0.3, -0.25) is 4.98 Å². The molecule has 4 heteroatoms. The van der Waals surface area contributed by atoms with Crippen LogP contribution in [0.15, 0.2) is 170 Å². The normalized spacial score (nSPS) is 13.1. The molecule has 0 bridgehead atoms. The van der Waals surface area contributed by atoms with Crippen molar-refractivity contribution in [1.29, 1.82) is 0 Å². The predicted molar refractivity (Wildman–Crippen MR) is 196 cm³/mol. The summed E-state index contributed by atoms with van der Waals surface area (Å²) in [4.78, 5) is 19.3. The van der Waals surface area contributed by atoms with Crippen LogP contribution < -0.4 is 0 Å². The van der Waals surface area contributed by atoms with Crippen molar-refractivity contribution in [2.24, 2.45) is 0 Å². The molecule has 0 radical (unpaired) electrons. The molecule has 0 aliphatic heterocycles. The molecular formula is C45H28N4. The Hall–Kier alpha value is -6.52. The third-order valence-electron chi connectivity index (χ3n) is 10.0. The molecule has 8 aromatic rings. The van der Waals surface area contributed by atoms with Crippen LogP contribution in [0, 0.1) is 0 Å².